The summed E-state index contributed by atoms with van der Waals surface area (Å²) in [4.78, 5) is 0. The predicted molar refractivity (Wildman–Crippen MR) is 112 cm³/mol. The van der Waals surface area contributed by atoms with Gasteiger partial charge in [0.15, 0.2) is 11.5 Å². The van der Waals surface area contributed by atoms with E-state index in [4.69, 9.17) is 31.3 Å². The average molecular weight is 413 g/mol. The molecule has 0 saturated carbocycles. The molecule has 2 rings (SSSR count). The Morgan fingerprint density at radius 2 is 1.07 bits per heavy atom. The van der Waals surface area contributed by atoms with Crippen molar-refractivity contribution in [3.63, 3.8) is 0 Å². The van der Waals surface area contributed by atoms with Crippen LogP contribution in [-0.4, -0.2) is 0 Å². The third kappa shape index (κ3) is 5.20. The molecular formula is C18H16N6O2S2. The standard InChI is InChI=1S/C18H16N6O2S2/c19-9-11(17(23)27-25-15-7-3-1-5-13(15)21)12(10-20)18(24)28-26-16-8-4-2-6-14(16)22/h1-8H,21-24H2. The topological polar surface area (TPSA) is 170 Å². The van der Waals surface area contributed by atoms with Gasteiger partial charge in [-0.15, -0.1) is 0 Å². The van der Waals surface area contributed by atoms with Gasteiger partial charge in [-0.3, -0.25) is 0 Å². The van der Waals surface area contributed by atoms with Crippen LogP contribution in [-0.2, 0) is 0 Å². The molecule has 0 heterocycles. The molecule has 8 nitrogen and oxygen atoms in total. The first-order valence-electron chi connectivity index (χ1n) is 7.66. The SMILES string of the molecule is N#CC(=C(N)SOc1ccccc1N)C(C#N)=C(N)SOc1ccccc1N. The number of nitriles is 2. The zero-order valence-electron chi connectivity index (χ0n) is 14.5. The van der Waals surface area contributed by atoms with Gasteiger partial charge in [-0.1, -0.05) is 24.3 Å². The van der Waals surface area contributed by atoms with E-state index in [0.29, 0.717) is 47.0 Å². The number of hydrogen-bond donors (Lipinski definition) is 4. The van der Waals surface area contributed by atoms with E-state index in [1.165, 1.54) is 0 Å². The van der Waals surface area contributed by atoms with Gasteiger partial charge >= 0.3 is 0 Å². The number of benzene rings is 2. The molecule has 0 radical (unpaired) electrons. The molecule has 0 atom stereocenters. The summed E-state index contributed by atoms with van der Waals surface area (Å²) in [6, 6.07) is 17.3. The summed E-state index contributed by atoms with van der Waals surface area (Å²) in [5, 5.41) is 18.8. The summed E-state index contributed by atoms with van der Waals surface area (Å²) >= 11 is 1.40. The lowest BCUT2D eigenvalue weighted by Gasteiger charge is -2.10. The Morgan fingerprint density at radius 1 is 0.714 bits per heavy atom. The molecule has 0 aromatic heterocycles. The van der Waals surface area contributed by atoms with Crippen LogP contribution in [0.4, 0.5) is 11.4 Å². The van der Waals surface area contributed by atoms with E-state index in [2.05, 4.69) is 0 Å². The molecule has 142 valence electrons. The Morgan fingerprint density at radius 3 is 1.39 bits per heavy atom. The van der Waals surface area contributed by atoms with Crippen LogP contribution in [0.25, 0.3) is 0 Å². The maximum atomic E-state index is 9.44. The highest BCUT2D eigenvalue weighted by molar-refractivity contribution is 7.99. The Kier molecular flexibility index (Phi) is 7.34. The van der Waals surface area contributed by atoms with Crippen molar-refractivity contribution in [3.8, 4) is 23.6 Å². The van der Waals surface area contributed by atoms with Crippen molar-refractivity contribution in [2.24, 2.45) is 11.5 Å². The van der Waals surface area contributed by atoms with Crippen LogP contribution in [0.1, 0.15) is 0 Å². The molecule has 0 aliphatic heterocycles. The monoisotopic (exact) mass is 412 g/mol. The normalized spacial score (nSPS) is 12.1. The van der Waals surface area contributed by atoms with Gasteiger partial charge in [0.25, 0.3) is 0 Å². The maximum Gasteiger partial charge on any atom is 0.160 e. The molecule has 0 bridgehead atoms. The predicted octanol–water partition coefficient (Wildman–Crippen LogP) is 2.99. The van der Waals surface area contributed by atoms with Gasteiger partial charge in [0, 0.05) is 0 Å². The van der Waals surface area contributed by atoms with Gasteiger partial charge in [-0.05, 0) is 24.3 Å². The number of allylic oxidation sites excluding steroid dienone is 2. The van der Waals surface area contributed by atoms with Gasteiger partial charge in [-0.2, -0.15) is 10.5 Å². The molecule has 0 saturated heterocycles. The lowest BCUT2D eigenvalue weighted by Crippen LogP contribution is -2.07. The first-order chi connectivity index (χ1) is 13.5. The number of rotatable bonds is 7. The van der Waals surface area contributed by atoms with Crippen molar-refractivity contribution in [3.05, 3.63) is 69.7 Å². The fourth-order valence-electron chi connectivity index (χ4n) is 1.84. The molecule has 0 fully saturated rings. The highest BCUT2D eigenvalue weighted by Gasteiger charge is 2.17. The highest BCUT2D eigenvalue weighted by Crippen LogP contribution is 2.31. The van der Waals surface area contributed by atoms with Gasteiger partial charge in [0.2, 0.25) is 0 Å². The summed E-state index contributed by atoms with van der Waals surface area (Å²) in [6.07, 6.45) is 0. The average Bonchev–Trinajstić information content (AvgIpc) is 2.70. The summed E-state index contributed by atoms with van der Waals surface area (Å²) in [5.74, 6) is 0.751. The van der Waals surface area contributed by atoms with Crippen LogP contribution in [0.3, 0.4) is 0 Å². The zero-order chi connectivity index (χ0) is 20.5. The Labute approximate surface area is 170 Å². The second kappa shape index (κ2) is 9.92. The number of nitrogen functional groups attached to an aromatic ring is 2. The molecular weight excluding hydrogens is 396 g/mol. The molecule has 0 amide bonds. The van der Waals surface area contributed by atoms with E-state index in [-0.39, 0.29) is 21.2 Å². The lowest BCUT2D eigenvalue weighted by atomic mass is 10.1. The molecule has 0 aliphatic carbocycles. The number of anilines is 2. The van der Waals surface area contributed by atoms with E-state index in [9.17, 15) is 10.5 Å². The van der Waals surface area contributed by atoms with Crippen molar-refractivity contribution in [1.82, 2.24) is 0 Å². The minimum atomic E-state index is -0.142. The second-order valence-electron chi connectivity index (χ2n) is 5.11. The Balaban J connectivity index is 2.20. The molecule has 2 aromatic carbocycles. The van der Waals surface area contributed by atoms with E-state index in [1.54, 1.807) is 48.5 Å². The zero-order valence-corrected chi connectivity index (χ0v) is 16.1. The van der Waals surface area contributed by atoms with Crippen molar-refractivity contribution < 1.29 is 8.37 Å². The summed E-state index contributed by atoms with van der Waals surface area (Å²) < 4.78 is 10.9. The van der Waals surface area contributed by atoms with Crippen LogP contribution in [0.5, 0.6) is 11.5 Å². The van der Waals surface area contributed by atoms with E-state index in [0.717, 1.165) is 0 Å². The quantitative estimate of drug-likeness (QED) is 0.229. The Hall–Kier alpha value is -3.60. The number of nitrogens with two attached hydrogens (primary N) is 4. The van der Waals surface area contributed by atoms with Crippen LogP contribution in [0, 0.1) is 22.7 Å². The van der Waals surface area contributed by atoms with Crippen LogP contribution in [0.2, 0.25) is 0 Å². The molecule has 0 unspecified atom stereocenters. The number of hydrogen-bond acceptors (Lipinski definition) is 10. The molecule has 0 spiro atoms. The van der Waals surface area contributed by atoms with Gasteiger partial charge in [0.1, 0.15) is 57.4 Å². The van der Waals surface area contributed by atoms with Crippen LogP contribution in [0.15, 0.2) is 69.7 Å². The molecule has 0 aliphatic rings. The summed E-state index contributed by atoms with van der Waals surface area (Å²) in [5.41, 5.74) is 23.9. The van der Waals surface area contributed by atoms with Crippen LogP contribution >= 0.6 is 24.1 Å². The van der Waals surface area contributed by atoms with Crippen molar-refractivity contribution in [1.29, 1.82) is 10.5 Å². The van der Waals surface area contributed by atoms with Crippen molar-refractivity contribution in [2.45, 2.75) is 0 Å². The van der Waals surface area contributed by atoms with Crippen molar-refractivity contribution in [2.75, 3.05) is 11.5 Å². The van der Waals surface area contributed by atoms with Gasteiger partial charge < -0.3 is 31.3 Å². The van der Waals surface area contributed by atoms with E-state index < -0.39 is 0 Å². The lowest BCUT2D eigenvalue weighted by molar-refractivity contribution is 0.652. The molecule has 2 aromatic rings. The summed E-state index contributed by atoms with van der Waals surface area (Å²) in [7, 11) is 0. The number of para-hydroxylation sites is 4. The van der Waals surface area contributed by atoms with Crippen LogP contribution < -0.4 is 31.3 Å². The third-order valence-electron chi connectivity index (χ3n) is 3.25. The molecule has 28 heavy (non-hydrogen) atoms. The highest BCUT2D eigenvalue weighted by atomic mass is 32.2. The number of nitrogens with zero attached hydrogens (tertiary/aromatic N) is 2. The smallest absolute Gasteiger partial charge is 0.160 e. The third-order valence-corrected chi connectivity index (χ3v) is 4.54. The fourth-order valence-corrected chi connectivity index (χ4v) is 2.97. The minimum absolute atomic E-state index is 0.0509. The first-order valence-corrected chi connectivity index (χ1v) is 9.14. The first kappa shape index (κ1) is 20.7. The van der Waals surface area contributed by atoms with E-state index >= 15 is 0 Å². The maximum absolute atomic E-state index is 9.44. The summed E-state index contributed by atoms with van der Waals surface area (Å²) in [6.45, 7) is 0. The van der Waals surface area contributed by atoms with Gasteiger partial charge in [-0.25, -0.2) is 0 Å². The molecule has 8 N–H and O–H groups in total. The van der Waals surface area contributed by atoms with E-state index in [1.807, 2.05) is 12.1 Å². The minimum Gasteiger partial charge on any atom is -0.417 e. The molecule has 10 heteroatoms. The fraction of sp³-hybridized carbons (Fsp3) is 0. The Bertz CT molecular complexity index is 926. The second-order valence-corrected chi connectivity index (χ2v) is 6.66. The van der Waals surface area contributed by atoms with Crippen molar-refractivity contribution >= 4 is 35.5 Å². The largest absolute Gasteiger partial charge is 0.417 e. The van der Waals surface area contributed by atoms with Gasteiger partial charge in [0.05, 0.1) is 11.4 Å².